The normalized spacial score (nSPS) is 24.7. The van der Waals surface area contributed by atoms with Crippen molar-refractivity contribution in [2.75, 3.05) is 6.61 Å². The zero-order valence-electron chi connectivity index (χ0n) is 6.22. The van der Waals surface area contributed by atoms with Crippen molar-refractivity contribution in [2.45, 2.75) is 32.4 Å². The number of ether oxygens (including phenoxy) is 1. The molecular formula is C7H13NO2. The summed E-state index contributed by atoms with van der Waals surface area (Å²) in [4.78, 5) is 10.8. The Kier molecular flexibility index (Phi) is 2.68. The Morgan fingerprint density at radius 1 is 1.80 bits per heavy atom. The molecular weight excluding hydrogens is 130 g/mol. The van der Waals surface area contributed by atoms with Crippen molar-refractivity contribution < 1.29 is 9.53 Å². The van der Waals surface area contributed by atoms with Gasteiger partial charge in [-0.25, -0.2) is 0 Å². The van der Waals surface area contributed by atoms with Crippen LogP contribution < -0.4 is 5.32 Å². The molecule has 1 aliphatic rings. The predicted octanol–water partition coefficient (Wildman–Crippen LogP) is 0.649. The van der Waals surface area contributed by atoms with Crippen molar-refractivity contribution in [2.24, 2.45) is 0 Å². The van der Waals surface area contributed by atoms with E-state index in [2.05, 4.69) is 5.32 Å². The molecule has 1 amide bonds. The maximum absolute atomic E-state index is 10.8. The maximum Gasteiger partial charge on any atom is 0.221 e. The van der Waals surface area contributed by atoms with Crippen molar-refractivity contribution in [3.8, 4) is 0 Å². The van der Waals surface area contributed by atoms with Crippen LogP contribution in [0.25, 0.3) is 0 Å². The first-order valence-corrected chi connectivity index (χ1v) is 3.74. The number of rotatable bonds is 2. The third-order valence-corrected chi connectivity index (χ3v) is 1.57. The van der Waals surface area contributed by atoms with Crippen LogP contribution in [0.15, 0.2) is 0 Å². The summed E-state index contributed by atoms with van der Waals surface area (Å²) in [6.45, 7) is 2.62. The van der Waals surface area contributed by atoms with E-state index in [4.69, 9.17) is 4.74 Å². The lowest BCUT2D eigenvalue weighted by atomic mass is 10.3. The lowest BCUT2D eigenvalue weighted by Crippen LogP contribution is -2.33. The molecule has 0 radical (unpaired) electrons. The largest absolute Gasteiger partial charge is 0.359 e. The molecule has 3 nitrogen and oxygen atoms in total. The first-order chi connectivity index (χ1) is 4.83. The molecule has 1 fully saturated rings. The second-order valence-corrected chi connectivity index (χ2v) is 2.42. The molecule has 10 heavy (non-hydrogen) atoms. The minimum absolute atomic E-state index is 0.00699. The van der Waals surface area contributed by atoms with Crippen molar-refractivity contribution >= 4 is 5.91 Å². The Balaban J connectivity index is 2.17. The minimum Gasteiger partial charge on any atom is -0.359 e. The van der Waals surface area contributed by atoms with Gasteiger partial charge in [-0.1, -0.05) is 6.92 Å². The number of carbonyl (C=O) groups is 1. The molecule has 1 rings (SSSR count). The van der Waals surface area contributed by atoms with Crippen LogP contribution in [0.1, 0.15) is 26.2 Å². The second-order valence-electron chi connectivity index (χ2n) is 2.42. The molecule has 0 aliphatic carbocycles. The highest BCUT2D eigenvalue weighted by atomic mass is 16.5. The molecule has 1 saturated heterocycles. The van der Waals surface area contributed by atoms with E-state index in [9.17, 15) is 4.79 Å². The van der Waals surface area contributed by atoms with E-state index in [1.807, 2.05) is 6.92 Å². The molecule has 1 heterocycles. The Labute approximate surface area is 60.7 Å². The minimum atomic E-state index is -0.00699. The fraction of sp³-hybridized carbons (Fsp3) is 0.857. The first kappa shape index (κ1) is 7.54. The zero-order chi connectivity index (χ0) is 7.40. The van der Waals surface area contributed by atoms with E-state index in [0.29, 0.717) is 6.42 Å². The van der Waals surface area contributed by atoms with Crippen LogP contribution in [0, 0.1) is 0 Å². The summed E-state index contributed by atoms with van der Waals surface area (Å²) in [5.41, 5.74) is 0. The molecule has 0 saturated carbocycles. The predicted molar refractivity (Wildman–Crippen MR) is 37.4 cm³/mol. The van der Waals surface area contributed by atoms with Crippen molar-refractivity contribution in [3.63, 3.8) is 0 Å². The van der Waals surface area contributed by atoms with Gasteiger partial charge in [0.1, 0.15) is 6.23 Å². The van der Waals surface area contributed by atoms with Gasteiger partial charge in [-0.2, -0.15) is 0 Å². The van der Waals surface area contributed by atoms with Crippen LogP contribution in [0.4, 0.5) is 0 Å². The smallest absolute Gasteiger partial charge is 0.221 e. The van der Waals surface area contributed by atoms with Crippen LogP contribution in [-0.4, -0.2) is 18.7 Å². The summed E-state index contributed by atoms with van der Waals surface area (Å²) in [6, 6.07) is 0. The van der Waals surface area contributed by atoms with E-state index < -0.39 is 0 Å². The van der Waals surface area contributed by atoms with Gasteiger partial charge in [-0.05, 0) is 12.8 Å². The molecule has 0 bridgehead atoms. The third-order valence-electron chi connectivity index (χ3n) is 1.57. The summed E-state index contributed by atoms with van der Waals surface area (Å²) >= 11 is 0. The molecule has 3 heteroatoms. The molecule has 1 atom stereocenters. The number of hydrogen-bond acceptors (Lipinski definition) is 2. The number of carbonyl (C=O) groups excluding carboxylic acids is 1. The number of nitrogens with one attached hydrogen (secondary N) is 1. The lowest BCUT2D eigenvalue weighted by Gasteiger charge is -2.09. The first-order valence-electron chi connectivity index (χ1n) is 3.74. The summed E-state index contributed by atoms with van der Waals surface area (Å²) in [6.07, 6.45) is 2.56. The zero-order valence-corrected chi connectivity index (χ0v) is 6.22. The number of hydrogen-bond donors (Lipinski definition) is 1. The molecule has 1 N–H and O–H groups in total. The van der Waals surface area contributed by atoms with E-state index >= 15 is 0 Å². The fourth-order valence-corrected chi connectivity index (χ4v) is 0.973. The monoisotopic (exact) mass is 143 g/mol. The SMILES string of the molecule is CCC(=O)NC1CCCO1. The molecule has 58 valence electrons. The van der Waals surface area contributed by atoms with Gasteiger partial charge in [0.25, 0.3) is 0 Å². The van der Waals surface area contributed by atoms with Crippen molar-refractivity contribution in [3.05, 3.63) is 0 Å². The lowest BCUT2D eigenvalue weighted by molar-refractivity contribution is -0.124. The third kappa shape index (κ3) is 1.99. The molecule has 0 aromatic rings. The van der Waals surface area contributed by atoms with Gasteiger partial charge in [0, 0.05) is 13.0 Å². The summed E-state index contributed by atoms with van der Waals surface area (Å²) in [7, 11) is 0. The van der Waals surface area contributed by atoms with Gasteiger partial charge < -0.3 is 10.1 Å². The second kappa shape index (κ2) is 3.56. The van der Waals surface area contributed by atoms with E-state index in [-0.39, 0.29) is 12.1 Å². The Morgan fingerprint density at radius 2 is 2.60 bits per heavy atom. The Hall–Kier alpha value is -0.570. The van der Waals surface area contributed by atoms with Gasteiger partial charge in [-0.3, -0.25) is 4.79 Å². The van der Waals surface area contributed by atoms with Gasteiger partial charge >= 0.3 is 0 Å². The van der Waals surface area contributed by atoms with Crippen LogP contribution in [0.2, 0.25) is 0 Å². The van der Waals surface area contributed by atoms with Gasteiger partial charge in [0.05, 0.1) is 0 Å². The van der Waals surface area contributed by atoms with Gasteiger partial charge in [0.2, 0.25) is 5.91 Å². The quantitative estimate of drug-likeness (QED) is 0.616. The highest BCUT2D eigenvalue weighted by molar-refractivity contribution is 5.75. The van der Waals surface area contributed by atoms with E-state index in [0.717, 1.165) is 19.4 Å². The van der Waals surface area contributed by atoms with Crippen molar-refractivity contribution in [1.29, 1.82) is 0 Å². The summed E-state index contributed by atoms with van der Waals surface area (Å²) in [5, 5.41) is 2.77. The Morgan fingerprint density at radius 3 is 3.10 bits per heavy atom. The van der Waals surface area contributed by atoms with Crippen LogP contribution in [-0.2, 0) is 9.53 Å². The van der Waals surface area contributed by atoms with Crippen LogP contribution in [0.3, 0.4) is 0 Å². The molecule has 0 aromatic carbocycles. The average Bonchev–Trinajstić information content (AvgIpc) is 2.40. The molecule has 0 aromatic heterocycles. The summed E-state index contributed by atoms with van der Waals surface area (Å²) < 4.78 is 5.19. The molecule has 1 unspecified atom stereocenters. The molecule has 0 spiro atoms. The van der Waals surface area contributed by atoms with Crippen LogP contribution >= 0.6 is 0 Å². The van der Waals surface area contributed by atoms with E-state index in [1.54, 1.807) is 0 Å². The highest BCUT2D eigenvalue weighted by Crippen LogP contribution is 2.08. The highest BCUT2D eigenvalue weighted by Gasteiger charge is 2.15. The fourth-order valence-electron chi connectivity index (χ4n) is 0.973. The summed E-state index contributed by atoms with van der Waals surface area (Å²) in [5.74, 6) is 0.0758. The topological polar surface area (TPSA) is 38.3 Å². The van der Waals surface area contributed by atoms with E-state index in [1.165, 1.54) is 0 Å². The standard InChI is InChI=1S/C7H13NO2/c1-2-6(9)8-7-4-3-5-10-7/h7H,2-5H2,1H3,(H,8,9). The maximum atomic E-state index is 10.8. The Bertz CT molecular complexity index is 119. The van der Waals surface area contributed by atoms with Crippen molar-refractivity contribution in [1.82, 2.24) is 5.32 Å². The average molecular weight is 143 g/mol. The number of amides is 1. The van der Waals surface area contributed by atoms with Gasteiger partial charge in [0.15, 0.2) is 0 Å². The van der Waals surface area contributed by atoms with Gasteiger partial charge in [-0.15, -0.1) is 0 Å². The molecule has 1 aliphatic heterocycles. The van der Waals surface area contributed by atoms with Crippen LogP contribution in [0.5, 0.6) is 0 Å².